The first-order chi connectivity index (χ1) is 10.7. The highest BCUT2D eigenvalue weighted by atomic mass is 127. The number of methoxy groups -OCH3 is 1. The fourth-order valence-corrected chi connectivity index (χ4v) is 3.76. The Morgan fingerprint density at radius 1 is 1.35 bits per heavy atom. The van der Waals surface area contributed by atoms with E-state index >= 15 is 0 Å². The van der Waals surface area contributed by atoms with Gasteiger partial charge in [-0.3, -0.25) is 0 Å². The van der Waals surface area contributed by atoms with Crippen LogP contribution in [0.3, 0.4) is 0 Å². The summed E-state index contributed by atoms with van der Waals surface area (Å²) in [5.74, 6) is 3.09. The largest absolute Gasteiger partial charge is 0.497 e. The van der Waals surface area contributed by atoms with E-state index in [1.807, 2.05) is 12.1 Å². The zero-order valence-corrected chi connectivity index (χ0v) is 17.4. The first-order valence-corrected chi connectivity index (χ1v) is 9.04. The first-order valence-electron chi connectivity index (χ1n) is 7.99. The summed E-state index contributed by atoms with van der Waals surface area (Å²) in [6, 6.07) is 6.24. The second kappa shape index (κ2) is 11.0. The molecule has 1 atom stereocenters. The normalized spacial score (nSPS) is 17.5. The SMILES string of the molecule is CCNC(=NCc1cc(C)cc(OC)c1)NCC1CCCS1.I. The number of thioether (sulfide) groups is 1. The van der Waals surface area contributed by atoms with Crippen LogP contribution in [0.5, 0.6) is 5.75 Å². The number of hydrogen-bond acceptors (Lipinski definition) is 3. The fourth-order valence-electron chi connectivity index (χ4n) is 2.56. The number of halogens is 1. The van der Waals surface area contributed by atoms with Gasteiger partial charge in [-0.25, -0.2) is 4.99 Å². The Labute approximate surface area is 161 Å². The highest BCUT2D eigenvalue weighted by molar-refractivity contribution is 14.0. The fraction of sp³-hybridized carbons (Fsp3) is 0.588. The van der Waals surface area contributed by atoms with Crippen LogP contribution in [0.15, 0.2) is 23.2 Å². The van der Waals surface area contributed by atoms with Crippen molar-refractivity contribution in [3.8, 4) is 5.75 Å². The molecule has 0 radical (unpaired) electrons. The summed E-state index contributed by atoms with van der Waals surface area (Å²) < 4.78 is 5.32. The minimum absolute atomic E-state index is 0. The lowest BCUT2D eigenvalue weighted by molar-refractivity contribution is 0.414. The molecule has 4 nitrogen and oxygen atoms in total. The second-order valence-electron chi connectivity index (χ2n) is 5.57. The number of rotatable bonds is 6. The molecule has 1 saturated heterocycles. The maximum Gasteiger partial charge on any atom is 0.191 e. The molecule has 2 N–H and O–H groups in total. The summed E-state index contributed by atoms with van der Waals surface area (Å²) >= 11 is 2.06. The molecule has 2 rings (SSSR count). The summed E-state index contributed by atoms with van der Waals surface area (Å²) in [4.78, 5) is 4.69. The van der Waals surface area contributed by atoms with Crippen LogP contribution in [0, 0.1) is 6.92 Å². The van der Waals surface area contributed by atoms with Gasteiger partial charge < -0.3 is 15.4 Å². The average molecular weight is 449 g/mol. The summed E-state index contributed by atoms with van der Waals surface area (Å²) in [5, 5.41) is 7.51. The van der Waals surface area contributed by atoms with Gasteiger partial charge in [0.2, 0.25) is 0 Å². The minimum Gasteiger partial charge on any atom is -0.497 e. The van der Waals surface area contributed by atoms with Gasteiger partial charge in [0, 0.05) is 18.3 Å². The Kier molecular flexibility index (Phi) is 9.78. The molecule has 0 bridgehead atoms. The number of benzene rings is 1. The van der Waals surface area contributed by atoms with Gasteiger partial charge in [-0.2, -0.15) is 11.8 Å². The zero-order chi connectivity index (χ0) is 15.8. The molecule has 1 aromatic rings. The van der Waals surface area contributed by atoms with Crippen molar-refractivity contribution in [3.05, 3.63) is 29.3 Å². The second-order valence-corrected chi connectivity index (χ2v) is 6.98. The van der Waals surface area contributed by atoms with Crippen LogP contribution < -0.4 is 15.4 Å². The molecule has 0 aromatic heterocycles. The molecule has 0 aliphatic carbocycles. The minimum atomic E-state index is 0. The molecule has 6 heteroatoms. The van der Waals surface area contributed by atoms with Crippen molar-refractivity contribution in [3.63, 3.8) is 0 Å². The van der Waals surface area contributed by atoms with Crippen LogP contribution in [0.4, 0.5) is 0 Å². The van der Waals surface area contributed by atoms with Gasteiger partial charge in [0.15, 0.2) is 5.96 Å². The number of aliphatic imine (C=N–C) groups is 1. The molecule has 0 saturated carbocycles. The first kappa shape index (κ1) is 20.4. The van der Waals surface area contributed by atoms with Gasteiger partial charge >= 0.3 is 0 Å². The zero-order valence-electron chi connectivity index (χ0n) is 14.2. The quantitative estimate of drug-likeness (QED) is 0.396. The van der Waals surface area contributed by atoms with Crippen molar-refractivity contribution < 1.29 is 4.74 Å². The molecule has 1 aliphatic heterocycles. The van der Waals surface area contributed by atoms with E-state index in [9.17, 15) is 0 Å². The highest BCUT2D eigenvalue weighted by Crippen LogP contribution is 2.25. The Morgan fingerprint density at radius 3 is 2.83 bits per heavy atom. The van der Waals surface area contributed by atoms with E-state index in [1.165, 1.54) is 29.7 Å². The number of nitrogens with zero attached hydrogens (tertiary/aromatic N) is 1. The van der Waals surface area contributed by atoms with Crippen LogP contribution in [0.25, 0.3) is 0 Å². The molecule has 0 amide bonds. The Hall–Kier alpha value is -0.630. The summed E-state index contributed by atoms with van der Waals surface area (Å²) in [5.41, 5.74) is 2.37. The molecule has 1 heterocycles. The third-order valence-electron chi connectivity index (χ3n) is 3.63. The van der Waals surface area contributed by atoms with Gasteiger partial charge in [0.25, 0.3) is 0 Å². The lowest BCUT2D eigenvalue weighted by Gasteiger charge is -2.14. The van der Waals surface area contributed by atoms with Gasteiger partial charge in [-0.15, -0.1) is 24.0 Å². The van der Waals surface area contributed by atoms with Crippen molar-refractivity contribution in [2.75, 3.05) is 26.0 Å². The maximum atomic E-state index is 5.32. The number of nitrogens with one attached hydrogen (secondary N) is 2. The smallest absolute Gasteiger partial charge is 0.191 e. The van der Waals surface area contributed by atoms with Crippen molar-refractivity contribution in [2.45, 2.75) is 38.5 Å². The third-order valence-corrected chi connectivity index (χ3v) is 5.03. The van der Waals surface area contributed by atoms with E-state index in [0.29, 0.717) is 6.54 Å². The van der Waals surface area contributed by atoms with E-state index in [-0.39, 0.29) is 24.0 Å². The van der Waals surface area contributed by atoms with Gasteiger partial charge in [-0.05, 0) is 55.7 Å². The monoisotopic (exact) mass is 449 g/mol. The number of ether oxygens (including phenoxy) is 1. The maximum absolute atomic E-state index is 5.32. The molecule has 1 fully saturated rings. The lowest BCUT2D eigenvalue weighted by Crippen LogP contribution is -2.40. The van der Waals surface area contributed by atoms with Crippen LogP contribution in [0.2, 0.25) is 0 Å². The van der Waals surface area contributed by atoms with Crippen LogP contribution >= 0.6 is 35.7 Å². The third kappa shape index (κ3) is 7.20. The summed E-state index contributed by atoms with van der Waals surface area (Å²) in [7, 11) is 1.70. The molecule has 0 spiro atoms. The Balaban J connectivity index is 0.00000264. The summed E-state index contributed by atoms with van der Waals surface area (Å²) in [6.45, 7) is 6.70. The molecule has 1 aliphatic rings. The van der Waals surface area contributed by atoms with E-state index in [0.717, 1.165) is 30.0 Å². The Bertz CT molecular complexity index is 505. The molecule has 23 heavy (non-hydrogen) atoms. The number of guanidine groups is 1. The molecule has 1 aromatic carbocycles. The van der Waals surface area contributed by atoms with Gasteiger partial charge in [-0.1, -0.05) is 6.07 Å². The highest BCUT2D eigenvalue weighted by Gasteiger charge is 2.15. The van der Waals surface area contributed by atoms with Crippen LogP contribution in [-0.2, 0) is 6.54 Å². The number of aryl methyl sites for hydroxylation is 1. The molecule has 1 unspecified atom stereocenters. The topological polar surface area (TPSA) is 45.7 Å². The van der Waals surface area contributed by atoms with Crippen molar-refractivity contribution in [1.82, 2.24) is 10.6 Å². The predicted molar refractivity (Wildman–Crippen MR) is 111 cm³/mol. The van der Waals surface area contributed by atoms with Crippen molar-refractivity contribution in [1.29, 1.82) is 0 Å². The number of hydrogen-bond donors (Lipinski definition) is 2. The van der Waals surface area contributed by atoms with E-state index in [1.54, 1.807) is 7.11 Å². The standard InChI is InChI=1S/C17H27N3OS.HI/c1-4-18-17(20-12-16-6-5-7-22-16)19-11-14-8-13(2)9-15(10-14)21-3;/h8-10,16H,4-7,11-12H2,1-3H3,(H2,18,19,20);1H. The summed E-state index contributed by atoms with van der Waals surface area (Å²) in [6.07, 6.45) is 2.65. The molecular formula is C17H28IN3OS. The Morgan fingerprint density at radius 2 is 2.17 bits per heavy atom. The van der Waals surface area contributed by atoms with Crippen molar-refractivity contribution >= 4 is 41.7 Å². The van der Waals surface area contributed by atoms with Crippen LogP contribution in [0.1, 0.15) is 30.9 Å². The van der Waals surface area contributed by atoms with Gasteiger partial charge in [0.05, 0.1) is 13.7 Å². The molecule has 130 valence electrons. The van der Waals surface area contributed by atoms with E-state index in [4.69, 9.17) is 9.73 Å². The predicted octanol–water partition coefficient (Wildman–Crippen LogP) is 3.57. The lowest BCUT2D eigenvalue weighted by atomic mass is 10.1. The van der Waals surface area contributed by atoms with Crippen molar-refractivity contribution in [2.24, 2.45) is 4.99 Å². The average Bonchev–Trinajstić information content (AvgIpc) is 3.03. The molecular weight excluding hydrogens is 421 g/mol. The van der Waals surface area contributed by atoms with E-state index < -0.39 is 0 Å². The van der Waals surface area contributed by atoms with Gasteiger partial charge in [0.1, 0.15) is 5.75 Å². The van der Waals surface area contributed by atoms with E-state index in [2.05, 4.69) is 42.3 Å². The van der Waals surface area contributed by atoms with Crippen LogP contribution in [-0.4, -0.2) is 37.2 Å².